The van der Waals surface area contributed by atoms with E-state index >= 15 is 0 Å². The molecular weight excluding hydrogens is 274 g/mol. The van der Waals surface area contributed by atoms with Gasteiger partial charge in [0.1, 0.15) is 0 Å². The molecule has 0 radical (unpaired) electrons. The fourth-order valence-electron chi connectivity index (χ4n) is 3.07. The van der Waals surface area contributed by atoms with Gasteiger partial charge in [-0.05, 0) is 49.4 Å². The van der Waals surface area contributed by atoms with Gasteiger partial charge < -0.3 is 5.11 Å². The highest BCUT2D eigenvalue weighted by molar-refractivity contribution is 5.85. The summed E-state index contributed by atoms with van der Waals surface area (Å²) in [6.07, 6.45) is 1.79. The standard InChI is InChI=1S/C19H19NO2/c1-12-9-14(3)18-15(10-12)7-8-20(19(18)22)17-6-4-5-13(2)16(17)11-21/h4-10,21H,11H2,1-3H3. The molecule has 2 aromatic carbocycles. The molecule has 1 N–H and O–H groups in total. The van der Waals surface area contributed by atoms with Crippen LogP contribution in [0, 0.1) is 20.8 Å². The normalized spacial score (nSPS) is 11.1. The molecule has 0 amide bonds. The molecule has 0 aliphatic heterocycles. The first-order chi connectivity index (χ1) is 10.5. The predicted octanol–water partition coefficient (Wildman–Crippen LogP) is 3.41. The number of hydrogen-bond acceptors (Lipinski definition) is 2. The van der Waals surface area contributed by atoms with Gasteiger partial charge in [0, 0.05) is 11.8 Å². The molecule has 0 atom stereocenters. The molecule has 112 valence electrons. The summed E-state index contributed by atoms with van der Waals surface area (Å²) in [6, 6.07) is 11.7. The largest absolute Gasteiger partial charge is 0.392 e. The number of aliphatic hydroxyl groups excluding tert-OH is 1. The van der Waals surface area contributed by atoms with E-state index in [0.717, 1.165) is 38.7 Å². The lowest BCUT2D eigenvalue weighted by molar-refractivity contribution is 0.280. The monoisotopic (exact) mass is 293 g/mol. The number of rotatable bonds is 2. The number of aryl methyl sites for hydroxylation is 3. The summed E-state index contributed by atoms with van der Waals surface area (Å²) in [5.74, 6) is 0. The maximum Gasteiger partial charge on any atom is 0.263 e. The van der Waals surface area contributed by atoms with Gasteiger partial charge in [0.05, 0.1) is 17.7 Å². The summed E-state index contributed by atoms with van der Waals surface area (Å²) in [7, 11) is 0. The molecule has 0 spiro atoms. The molecule has 0 saturated heterocycles. The number of aliphatic hydroxyl groups is 1. The average molecular weight is 293 g/mol. The number of hydrogen-bond donors (Lipinski definition) is 1. The molecule has 1 heterocycles. The highest BCUT2D eigenvalue weighted by Crippen LogP contribution is 2.21. The Morgan fingerprint density at radius 1 is 1.05 bits per heavy atom. The van der Waals surface area contributed by atoms with E-state index in [1.807, 2.05) is 57.2 Å². The van der Waals surface area contributed by atoms with E-state index in [1.165, 1.54) is 0 Å². The Hall–Kier alpha value is -2.39. The Balaban J connectivity index is 2.37. The Morgan fingerprint density at radius 2 is 1.82 bits per heavy atom. The second-order valence-electron chi connectivity index (χ2n) is 5.77. The van der Waals surface area contributed by atoms with Crippen LogP contribution in [0.25, 0.3) is 16.5 Å². The SMILES string of the molecule is Cc1cc(C)c2c(=O)n(-c3cccc(C)c3CO)ccc2c1. The quantitative estimate of drug-likeness (QED) is 0.787. The van der Waals surface area contributed by atoms with Gasteiger partial charge in [-0.1, -0.05) is 29.8 Å². The van der Waals surface area contributed by atoms with Gasteiger partial charge in [-0.15, -0.1) is 0 Å². The number of pyridine rings is 1. The van der Waals surface area contributed by atoms with Crippen LogP contribution in [0.15, 0.2) is 47.4 Å². The Kier molecular flexibility index (Phi) is 3.59. The number of aromatic nitrogens is 1. The lowest BCUT2D eigenvalue weighted by Gasteiger charge is -2.14. The maximum absolute atomic E-state index is 12.9. The second-order valence-corrected chi connectivity index (χ2v) is 5.77. The molecular formula is C19H19NO2. The summed E-state index contributed by atoms with van der Waals surface area (Å²) in [6.45, 7) is 5.85. The summed E-state index contributed by atoms with van der Waals surface area (Å²) < 4.78 is 1.63. The third kappa shape index (κ3) is 2.24. The molecule has 22 heavy (non-hydrogen) atoms. The van der Waals surface area contributed by atoms with Crippen LogP contribution in [0.3, 0.4) is 0 Å². The zero-order chi connectivity index (χ0) is 15.9. The van der Waals surface area contributed by atoms with Crippen LogP contribution < -0.4 is 5.56 Å². The van der Waals surface area contributed by atoms with Crippen molar-refractivity contribution in [1.29, 1.82) is 0 Å². The van der Waals surface area contributed by atoms with Gasteiger partial charge in [-0.2, -0.15) is 0 Å². The van der Waals surface area contributed by atoms with Crippen LogP contribution in [-0.4, -0.2) is 9.67 Å². The number of benzene rings is 2. The number of fused-ring (bicyclic) bond motifs is 1. The Bertz CT molecular complexity index is 923. The van der Waals surface area contributed by atoms with E-state index in [4.69, 9.17) is 0 Å². The van der Waals surface area contributed by atoms with Crippen molar-refractivity contribution in [2.24, 2.45) is 0 Å². The van der Waals surface area contributed by atoms with E-state index in [2.05, 4.69) is 0 Å². The third-order valence-electron chi connectivity index (χ3n) is 4.15. The van der Waals surface area contributed by atoms with Crippen LogP contribution in [0.5, 0.6) is 0 Å². The molecule has 3 nitrogen and oxygen atoms in total. The van der Waals surface area contributed by atoms with Crippen LogP contribution in [0.1, 0.15) is 22.3 Å². The second kappa shape index (κ2) is 5.43. The number of nitrogens with zero attached hydrogens (tertiary/aromatic N) is 1. The van der Waals surface area contributed by atoms with Crippen LogP contribution >= 0.6 is 0 Å². The lowest BCUT2D eigenvalue weighted by Crippen LogP contribution is -2.20. The van der Waals surface area contributed by atoms with Crippen LogP contribution in [-0.2, 0) is 6.61 Å². The molecule has 0 unspecified atom stereocenters. The Morgan fingerprint density at radius 3 is 2.55 bits per heavy atom. The summed E-state index contributed by atoms with van der Waals surface area (Å²) in [5, 5.41) is 11.3. The van der Waals surface area contributed by atoms with Crippen LogP contribution in [0.2, 0.25) is 0 Å². The van der Waals surface area contributed by atoms with E-state index in [9.17, 15) is 9.90 Å². The van der Waals surface area contributed by atoms with Gasteiger partial charge in [0.15, 0.2) is 0 Å². The zero-order valence-electron chi connectivity index (χ0n) is 13.1. The zero-order valence-corrected chi connectivity index (χ0v) is 13.1. The summed E-state index contributed by atoms with van der Waals surface area (Å²) in [4.78, 5) is 12.9. The smallest absolute Gasteiger partial charge is 0.263 e. The minimum Gasteiger partial charge on any atom is -0.392 e. The van der Waals surface area contributed by atoms with Crippen molar-refractivity contribution in [3.63, 3.8) is 0 Å². The van der Waals surface area contributed by atoms with Crippen molar-refractivity contribution >= 4 is 10.8 Å². The first kappa shape index (κ1) is 14.5. The van der Waals surface area contributed by atoms with E-state index in [0.29, 0.717) is 0 Å². The van der Waals surface area contributed by atoms with Gasteiger partial charge >= 0.3 is 0 Å². The minimum atomic E-state index is -0.0840. The highest BCUT2D eigenvalue weighted by atomic mass is 16.3. The summed E-state index contributed by atoms with van der Waals surface area (Å²) in [5.41, 5.74) is 4.59. The van der Waals surface area contributed by atoms with Gasteiger partial charge in [-0.25, -0.2) is 0 Å². The highest BCUT2D eigenvalue weighted by Gasteiger charge is 2.11. The minimum absolute atomic E-state index is 0.0460. The van der Waals surface area contributed by atoms with Gasteiger partial charge in [0.25, 0.3) is 5.56 Å². The molecule has 0 aliphatic rings. The van der Waals surface area contributed by atoms with E-state index in [-0.39, 0.29) is 12.2 Å². The topological polar surface area (TPSA) is 42.2 Å². The van der Waals surface area contributed by atoms with E-state index in [1.54, 1.807) is 10.8 Å². The molecule has 3 rings (SSSR count). The molecule has 0 bridgehead atoms. The lowest BCUT2D eigenvalue weighted by atomic mass is 10.0. The van der Waals surface area contributed by atoms with Crippen molar-refractivity contribution in [1.82, 2.24) is 4.57 Å². The van der Waals surface area contributed by atoms with Crippen LogP contribution in [0.4, 0.5) is 0 Å². The Labute approximate surface area is 129 Å². The first-order valence-corrected chi connectivity index (χ1v) is 7.35. The molecule has 3 aromatic rings. The van der Waals surface area contributed by atoms with Crippen molar-refractivity contribution in [3.8, 4) is 5.69 Å². The van der Waals surface area contributed by atoms with E-state index < -0.39 is 0 Å². The fourth-order valence-corrected chi connectivity index (χ4v) is 3.07. The molecule has 1 aromatic heterocycles. The molecule has 0 fully saturated rings. The van der Waals surface area contributed by atoms with Crippen molar-refractivity contribution in [2.45, 2.75) is 27.4 Å². The third-order valence-corrected chi connectivity index (χ3v) is 4.15. The first-order valence-electron chi connectivity index (χ1n) is 7.35. The van der Waals surface area contributed by atoms with Crippen molar-refractivity contribution in [3.05, 3.63) is 75.2 Å². The maximum atomic E-state index is 12.9. The molecule has 3 heteroatoms. The van der Waals surface area contributed by atoms with Gasteiger partial charge in [0.2, 0.25) is 0 Å². The van der Waals surface area contributed by atoms with Crippen molar-refractivity contribution < 1.29 is 5.11 Å². The average Bonchev–Trinajstić information content (AvgIpc) is 2.46. The van der Waals surface area contributed by atoms with Crippen molar-refractivity contribution in [2.75, 3.05) is 0 Å². The van der Waals surface area contributed by atoms with Gasteiger partial charge in [-0.3, -0.25) is 9.36 Å². The fraction of sp³-hybridized carbons (Fsp3) is 0.211. The summed E-state index contributed by atoms with van der Waals surface area (Å²) >= 11 is 0. The molecule has 0 aliphatic carbocycles. The predicted molar refractivity (Wildman–Crippen MR) is 89.7 cm³/mol. The molecule has 0 saturated carbocycles.